The number of ether oxygens (including phenoxy) is 3. The smallest absolute Gasteiger partial charge is 0.166 e. The fraction of sp³-hybridized carbons (Fsp3) is 0.400. The van der Waals surface area contributed by atoms with Crippen molar-refractivity contribution < 1.29 is 18.6 Å². The van der Waals surface area contributed by atoms with E-state index in [2.05, 4.69) is 5.32 Å². The highest BCUT2D eigenvalue weighted by Gasteiger charge is 2.12. The number of nitrogens with one attached hydrogen (secondary N) is 1. The zero-order valence-electron chi connectivity index (χ0n) is 15.3. The second-order valence-corrected chi connectivity index (χ2v) is 5.58. The zero-order valence-corrected chi connectivity index (χ0v) is 16.1. The van der Waals surface area contributed by atoms with Gasteiger partial charge in [0.25, 0.3) is 0 Å². The topological polar surface area (TPSA) is 39.7 Å². The van der Waals surface area contributed by atoms with Crippen LogP contribution in [0.4, 0.5) is 4.39 Å². The summed E-state index contributed by atoms with van der Waals surface area (Å²) in [5.74, 6) is 1.07. The largest absolute Gasteiger partial charge is 0.490 e. The molecule has 0 heterocycles. The third-order valence-electron chi connectivity index (χ3n) is 3.71. The normalized spacial score (nSPS) is 10.3. The van der Waals surface area contributed by atoms with Gasteiger partial charge in [-0.1, -0.05) is 30.3 Å². The summed E-state index contributed by atoms with van der Waals surface area (Å²) >= 11 is 0. The third kappa shape index (κ3) is 6.83. The van der Waals surface area contributed by atoms with Crippen LogP contribution in [0.25, 0.3) is 0 Å². The highest BCUT2D eigenvalue weighted by atomic mass is 35.5. The summed E-state index contributed by atoms with van der Waals surface area (Å²) in [6.07, 6.45) is 0.938. The summed E-state index contributed by atoms with van der Waals surface area (Å²) in [7, 11) is 1.69. The summed E-state index contributed by atoms with van der Waals surface area (Å²) in [6.45, 7) is 4.85. The fourth-order valence-corrected chi connectivity index (χ4v) is 2.46. The van der Waals surface area contributed by atoms with Gasteiger partial charge in [0.1, 0.15) is 12.4 Å². The number of halogens is 2. The Balaban J connectivity index is 0.00000338. The van der Waals surface area contributed by atoms with Crippen LogP contribution in [0.3, 0.4) is 0 Å². The fourth-order valence-electron chi connectivity index (χ4n) is 2.46. The van der Waals surface area contributed by atoms with Gasteiger partial charge in [-0.15, -0.1) is 12.4 Å². The second kappa shape index (κ2) is 12.5. The van der Waals surface area contributed by atoms with E-state index in [0.29, 0.717) is 30.2 Å². The lowest BCUT2D eigenvalue weighted by atomic mass is 10.1. The molecule has 4 nitrogen and oxygen atoms in total. The van der Waals surface area contributed by atoms with Crippen LogP contribution >= 0.6 is 12.4 Å². The molecule has 0 saturated heterocycles. The molecule has 0 aromatic heterocycles. The predicted molar refractivity (Wildman–Crippen MR) is 104 cm³/mol. The SMILES string of the molecule is CCOc1cccc(CNCCCOC)c1OCc1ccccc1F.Cl. The van der Waals surface area contributed by atoms with Crippen molar-refractivity contribution >= 4 is 12.4 Å². The molecule has 0 atom stereocenters. The standard InChI is InChI=1S/C20H26FNO3.ClH/c1-3-24-19-11-6-9-16(14-22-12-7-13-23-2)20(19)25-15-17-8-4-5-10-18(17)21;/h4-6,8-11,22H,3,7,12-15H2,1-2H3;1H. The van der Waals surface area contributed by atoms with E-state index < -0.39 is 0 Å². The summed E-state index contributed by atoms with van der Waals surface area (Å²) < 4.78 is 30.5. The van der Waals surface area contributed by atoms with Gasteiger partial charge >= 0.3 is 0 Å². The van der Waals surface area contributed by atoms with Crippen molar-refractivity contribution in [1.29, 1.82) is 0 Å². The summed E-state index contributed by atoms with van der Waals surface area (Å²) in [6, 6.07) is 12.4. The van der Waals surface area contributed by atoms with Crippen molar-refractivity contribution in [1.82, 2.24) is 5.32 Å². The number of methoxy groups -OCH3 is 1. The molecule has 0 amide bonds. The van der Waals surface area contributed by atoms with E-state index in [4.69, 9.17) is 14.2 Å². The number of benzene rings is 2. The summed E-state index contributed by atoms with van der Waals surface area (Å²) in [4.78, 5) is 0. The van der Waals surface area contributed by atoms with E-state index >= 15 is 0 Å². The predicted octanol–water partition coefficient (Wildman–Crippen LogP) is 4.35. The number of hydrogen-bond donors (Lipinski definition) is 1. The van der Waals surface area contributed by atoms with Crippen molar-refractivity contribution in [2.45, 2.75) is 26.5 Å². The number of rotatable bonds is 11. The zero-order chi connectivity index (χ0) is 17.9. The molecule has 0 saturated carbocycles. The van der Waals surface area contributed by atoms with E-state index in [-0.39, 0.29) is 24.8 Å². The van der Waals surface area contributed by atoms with Crippen LogP contribution in [-0.2, 0) is 17.9 Å². The third-order valence-corrected chi connectivity index (χ3v) is 3.71. The Hall–Kier alpha value is -1.82. The Morgan fingerprint density at radius 2 is 1.77 bits per heavy atom. The van der Waals surface area contributed by atoms with Crippen molar-refractivity contribution in [3.63, 3.8) is 0 Å². The molecule has 0 spiro atoms. The highest BCUT2D eigenvalue weighted by molar-refractivity contribution is 5.85. The quantitative estimate of drug-likeness (QED) is 0.585. The van der Waals surface area contributed by atoms with Crippen LogP contribution in [0.2, 0.25) is 0 Å². The monoisotopic (exact) mass is 383 g/mol. The lowest BCUT2D eigenvalue weighted by molar-refractivity contribution is 0.194. The first-order valence-corrected chi connectivity index (χ1v) is 8.56. The minimum atomic E-state index is -0.268. The van der Waals surface area contributed by atoms with Crippen LogP contribution in [-0.4, -0.2) is 26.9 Å². The van der Waals surface area contributed by atoms with Crippen LogP contribution in [0.15, 0.2) is 42.5 Å². The van der Waals surface area contributed by atoms with E-state index in [0.717, 1.165) is 25.1 Å². The van der Waals surface area contributed by atoms with Crippen molar-refractivity contribution in [2.75, 3.05) is 26.9 Å². The van der Waals surface area contributed by atoms with Crippen molar-refractivity contribution in [3.05, 3.63) is 59.4 Å². The van der Waals surface area contributed by atoms with Crippen LogP contribution in [0.5, 0.6) is 11.5 Å². The second-order valence-electron chi connectivity index (χ2n) is 5.58. The molecule has 6 heteroatoms. The van der Waals surface area contributed by atoms with Crippen LogP contribution < -0.4 is 14.8 Å². The minimum absolute atomic E-state index is 0. The number of para-hydroxylation sites is 1. The molecular weight excluding hydrogens is 357 g/mol. The lowest BCUT2D eigenvalue weighted by Gasteiger charge is -2.16. The highest BCUT2D eigenvalue weighted by Crippen LogP contribution is 2.32. The van der Waals surface area contributed by atoms with Gasteiger partial charge in [0.2, 0.25) is 0 Å². The van der Waals surface area contributed by atoms with Gasteiger partial charge in [0.15, 0.2) is 11.5 Å². The van der Waals surface area contributed by atoms with Gasteiger partial charge in [-0.2, -0.15) is 0 Å². The Morgan fingerprint density at radius 1 is 1.00 bits per heavy atom. The average Bonchev–Trinajstić information content (AvgIpc) is 2.62. The Labute approximate surface area is 161 Å². The summed E-state index contributed by atoms with van der Waals surface area (Å²) in [5.41, 5.74) is 1.51. The molecule has 144 valence electrons. The lowest BCUT2D eigenvalue weighted by Crippen LogP contribution is -2.17. The first kappa shape index (κ1) is 22.2. The van der Waals surface area contributed by atoms with Gasteiger partial charge < -0.3 is 19.5 Å². The van der Waals surface area contributed by atoms with Gasteiger partial charge in [0, 0.05) is 31.4 Å². The summed E-state index contributed by atoms with van der Waals surface area (Å²) in [5, 5.41) is 3.37. The molecule has 0 aliphatic carbocycles. The maximum absolute atomic E-state index is 13.8. The minimum Gasteiger partial charge on any atom is -0.490 e. The van der Waals surface area contributed by atoms with E-state index in [9.17, 15) is 4.39 Å². The molecular formula is C20H27ClFNO3. The van der Waals surface area contributed by atoms with Gasteiger partial charge in [-0.05, 0) is 32.0 Å². The number of hydrogen-bond acceptors (Lipinski definition) is 4. The molecule has 26 heavy (non-hydrogen) atoms. The molecule has 0 fully saturated rings. The van der Waals surface area contributed by atoms with Gasteiger partial charge in [-0.3, -0.25) is 0 Å². The molecule has 0 unspecified atom stereocenters. The maximum atomic E-state index is 13.8. The maximum Gasteiger partial charge on any atom is 0.166 e. The van der Waals surface area contributed by atoms with Gasteiger partial charge in [-0.25, -0.2) is 4.39 Å². The van der Waals surface area contributed by atoms with E-state index in [1.54, 1.807) is 25.3 Å². The molecule has 2 aromatic rings. The molecule has 2 rings (SSSR count). The molecule has 0 bridgehead atoms. The first-order valence-electron chi connectivity index (χ1n) is 8.56. The van der Waals surface area contributed by atoms with Crippen LogP contribution in [0, 0.1) is 5.82 Å². The molecule has 2 aromatic carbocycles. The van der Waals surface area contributed by atoms with Crippen LogP contribution in [0.1, 0.15) is 24.5 Å². The molecule has 0 radical (unpaired) electrons. The first-order chi connectivity index (χ1) is 12.3. The molecule has 0 aliphatic rings. The Morgan fingerprint density at radius 3 is 2.50 bits per heavy atom. The molecule has 1 N–H and O–H groups in total. The Kier molecular flexibility index (Phi) is 10.7. The van der Waals surface area contributed by atoms with Gasteiger partial charge in [0.05, 0.1) is 6.61 Å². The Bertz CT molecular complexity index is 655. The van der Waals surface area contributed by atoms with E-state index in [1.807, 2.05) is 25.1 Å². The average molecular weight is 384 g/mol. The molecule has 0 aliphatic heterocycles. The van der Waals surface area contributed by atoms with Crippen molar-refractivity contribution in [2.24, 2.45) is 0 Å². The van der Waals surface area contributed by atoms with Crippen molar-refractivity contribution in [3.8, 4) is 11.5 Å². The van der Waals surface area contributed by atoms with E-state index in [1.165, 1.54) is 6.07 Å².